The van der Waals surface area contributed by atoms with E-state index in [9.17, 15) is 0 Å². The van der Waals surface area contributed by atoms with Gasteiger partial charge in [0.2, 0.25) is 5.79 Å². The molecule has 0 radical (unpaired) electrons. The van der Waals surface area contributed by atoms with E-state index < -0.39 is 5.79 Å². The van der Waals surface area contributed by atoms with Gasteiger partial charge in [-0.15, -0.1) is 0 Å². The number of aliphatic imine (C=N–C) groups is 1. The Morgan fingerprint density at radius 3 is 2.31 bits per heavy atom. The van der Waals surface area contributed by atoms with Gasteiger partial charge in [0.1, 0.15) is 0 Å². The molecule has 0 aliphatic carbocycles. The predicted molar refractivity (Wildman–Crippen MR) is 53.2 cm³/mol. The van der Waals surface area contributed by atoms with E-state index in [1.807, 2.05) is 20.8 Å². The van der Waals surface area contributed by atoms with Crippen LogP contribution in [0, 0.1) is 0 Å². The lowest BCUT2D eigenvalue weighted by Crippen LogP contribution is -2.40. The minimum absolute atomic E-state index is 0.569. The topological polar surface area (TPSA) is 30.8 Å². The van der Waals surface area contributed by atoms with Gasteiger partial charge in [0, 0.05) is 19.8 Å². The zero-order valence-corrected chi connectivity index (χ0v) is 8.80. The van der Waals surface area contributed by atoms with Crippen LogP contribution in [0.5, 0.6) is 0 Å². The van der Waals surface area contributed by atoms with Gasteiger partial charge in [-0.2, -0.15) is 0 Å². The van der Waals surface area contributed by atoms with E-state index in [-0.39, 0.29) is 0 Å². The van der Waals surface area contributed by atoms with Crippen molar-refractivity contribution < 1.29 is 9.47 Å². The lowest BCUT2D eigenvalue weighted by atomic mass is 10.1. The standard InChI is InChI=1S/C10H19NO2/c1-4-12-10(3,13-5-2)9-7-6-8-11-9/h4-8H2,1-3H3. The van der Waals surface area contributed by atoms with Crippen LogP contribution in [0.3, 0.4) is 0 Å². The molecule has 0 saturated carbocycles. The molecule has 0 amide bonds. The summed E-state index contributed by atoms with van der Waals surface area (Å²) in [5, 5.41) is 0. The summed E-state index contributed by atoms with van der Waals surface area (Å²) in [4.78, 5) is 4.41. The van der Waals surface area contributed by atoms with Gasteiger partial charge in [-0.05, 0) is 33.6 Å². The summed E-state index contributed by atoms with van der Waals surface area (Å²) in [6.45, 7) is 8.17. The fourth-order valence-electron chi connectivity index (χ4n) is 1.67. The highest BCUT2D eigenvalue weighted by atomic mass is 16.7. The van der Waals surface area contributed by atoms with E-state index in [2.05, 4.69) is 4.99 Å². The summed E-state index contributed by atoms with van der Waals surface area (Å²) in [5.41, 5.74) is 1.07. The van der Waals surface area contributed by atoms with Gasteiger partial charge in [0.05, 0.1) is 5.71 Å². The number of ether oxygens (including phenoxy) is 2. The first-order valence-corrected chi connectivity index (χ1v) is 5.04. The molecule has 0 atom stereocenters. The molecule has 0 aromatic rings. The summed E-state index contributed by atoms with van der Waals surface area (Å²) in [6.07, 6.45) is 2.14. The number of hydrogen-bond donors (Lipinski definition) is 0. The Bertz CT molecular complexity index is 183. The fraction of sp³-hybridized carbons (Fsp3) is 0.900. The number of nitrogens with zero attached hydrogens (tertiary/aromatic N) is 1. The molecule has 3 heteroatoms. The summed E-state index contributed by atoms with van der Waals surface area (Å²) >= 11 is 0. The van der Waals surface area contributed by atoms with Crippen molar-refractivity contribution in [1.82, 2.24) is 0 Å². The third-order valence-corrected chi connectivity index (χ3v) is 2.24. The Kier molecular flexibility index (Phi) is 3.88. The van der Waals surface area contributed by atoms with Crippen LogP contribution < -0.4 is 0 Å². The van der Waals surface area contributed by atoms with Crippen molar-refractivity contribution in [2.75, 3.05) is 19.8 Å². The lowest BCUT2D eigenvalue weighted by Gasteiger charge is -2.29. The molecule has 0 fully saturated rings. The van der Waals surface area contributed by atoms with Crippen LogP contribution in [-0.2, 0) is 9.47 Å². The second-order valence-corrected chi connectivity index (χ2v) is 3.24. The van der Waals surface area contributed by atoms with Gasteiger partial charge in [-0.1, -0.05) is 0 Å². The van der Waals surface area contributed by atoms with E-state index in [4.69, 9.17) is 9.47 Å². The first-order chi connectivity index (χ1) is 6.23. The van der Waals surface area contributed by atoms with Crippen molar-refractivity contribution in [1.29, 1.82) is 0 Å². The highest BCUT2D eigenvalue weighted by molar-refractivity contribution is 5.92. The lowest BCUT2D eigenvalue weighted by molar-refractivity contribution is -0.171. The van der Waals surface area contributed by atoms with Crippen LogP contribution in [0.1, 0.15) is 33.6 Å². The van der Waals surface area contributed by atoms with E-state index in [0.29, 0.717) is 13.2 Å². The Balaban J connectivity index is 2.64. The quantitative estimate of drug-likeness (QED) is 0.613. The van der Waals surface area contributed by atoms with Crippen molar-refractivity contribution in [2.45, 2.75) is 39.4 Å². The molecule has 1 heterocycles. The molecule has 1 aliphatic rings. The van der Waals surface area contributed by atoms with Crippen LogP contribution in [0.2, 0.25) is 0 Å². The molecule has 0 spiro atoms. The molecule has 0 unspecified atom stereocenters. The maximum absolute atomic E-state index is 5.60. The Labute approximate surface area is 80.1 Å². The molecule has 0 bridgehead atoms. The van der Waals surface area contributed by atoms with Gasteiger partial charge < -0.3 is 9.47 Å². The van der Waals surface area contributed by atoms with Crippen LogP contribution >= 0.6 is 0 Å². The molecule has 1 aliphatic heterocycles. The van der Waals surface area contributed by atoms with Crippen molar-refractivity contribution in [3.8, 4) is 0 Å². The molecular weight excluding hydrogens is 166 g/mol. The largest absolute Gasteiger partial charge is 0.345 e. The van der Waals surface area contributed by atoms with E-state index >= 15 is 0 Å². The molecule has 0 saturated heterocycles. The summed E-state index contributed by atoms with van der Waals surface area (Å²) in [5.74, 6) is -0.569. The number of hydrogen-bond acceptors (Lipinski definition) is 3. The second kappa shape index (κ2) is 4.72. The normalized spacial score (nSPS) is 17.6. The third kappa shape index (κ3) is 2.51. The molecule has 13 heavy (non-hydrogen) atoms. The molecule has 0 aromatic heterocycles. The summed E-state index contributed by atoms with van der Waals surface area (Å²) in [6, 6.07) is 0. The van der Waals surface area contributed by atoms with Crippen LogP contribution in [-0.4, -0.2) is 31.3 Å². The van der Waals surface area contributed by atoms with E-state index in [1.165, 1.54) is 0 Å². The molecule has 3 nitrogen and oxygen atoms in total. The van der Waals surface area contributed by atoms with Crippen molar-refractivity contribution in [3.05, 3.63) is 0 Å². The second-order valence-electron chi connectivity index (χ2n) is 3.24. The summed E-state index contributed by atoms with van der Waals surface area (Å²) in [7, 11) is 0. The average Bonchev–Trinajstić information content (AvgIpc) is 2.57. The fourth-order valence-corrected chi connectivity index (χ4v) is 1.67. The maximum atomic E-state index is 5.60. The van der Waals surface area contributed by atoms with E-state index in [1.54, 1.807) is 0 Å². The van der Waals surface area contributed by atoms with Crippen LogP contribution in [0.4, 0.5) is 0 Å². The molecule has 1 rings (SSSR count). The first kappa shape index (κ1) is 10.7. The Morgan fingerprint density at radius 1 is 1.31 bits per heavy atom. The first-order valence-electron chi connectivity index (χ1n) is 5.04. The van der Waals surface area contributed by atoms with E-state index in [0.717, 1.165) is 25.1 Å². The highest BCUT2D eigenvalue weighted by Gasteiger charge is 2.32. The minimum Gasteiger partial charge on any atom is -0.345 e. The molecule has 0 N–H and O–H groups in total. The average molecular weight is 185 g/mol. The van der Waals surface area contributed by atoms with Crippen molar-refractivity contribution >= 4 is 5.71 Å². The van der Waals surface area contributed by atoms with Gasteiger partial charge in [0.15, 0.2) is 0 Å². The van der Waals surface area contributed by atoms with Crippen LogP contribution in [0.25, 0.3) is 0 Å². The van der Waals surface area contributed by atoms with Gasteiger partial charge >= 0.3 is 0 Å². The van der Waals surface area contributed by atoms with Gasteiger partial charge in [-0.25, -0.2) is 0 Å². The number of rotatable bonds is 5. The SMILES string of the molecule is CCOC(C)(OCC)C1=NCCC1. The zero-order valence-electron chi connectivity index (χ0n) is 8.80. The molecule has 76 valence electrons. The third-order valence-electron chi connectivity index (χ3n) is 2.24. The predicted octanol–water partition coefficient (Wildman–Crippen LogP) is 2.01. The monoisotopic (exact) mass is 185 g/mol. The Hall–Kier alpha value is -0.410. The highest BCUT2D eigenvalue weighted by Crippen LogP contribution is 2.21. The maximum Gasteiger partial charge on any atom is 0.204 e. The molecule has 0 aromatic carbocycles. The molecular formula is C10H19NO2. The zero-order chi connectivity index (χ0) is 9.73. The Morgan fingerprint density at radius 2 is 1.92 bits per heavy atom. The summed E-state index contributed by atoms with van der Waals surface area (Å²) < 4.78 is 11.2. The van der Waals surface area contributed by atoms with Crippen LogP contribution in [0.15, 0.2) is 4.99 Å². The minimum atomic E-state index is -0.569. The van der Waals surface area contributed by atoms with Crippen molar-refractivity contribution in [2.24, 2.45) is 4.99 Å². The smallest absolute Gasteiger partial charge is 0.204 e. The van der Waals surface area contributed by atoms with Gasteiger partial charge in [-0.3, -0.25) is 4.99 Å². The van der Waals surface area contributed by atoms with Gasteiger partial charge in [0.25, 0.3) is 0 Å². The van der Waals surface area contributed by atoms with Crippen molar-refractivity contribution in [3.63, 3.8) is 0 Å².